The third-order valence-electron chi connectivity index (χ3n) is 2.22. The smallest absolute Gasteiger partial charge is 0.0407 e. The van der Waals surface area contributed by atoms with E-state index in [1.54, 1.807) is 0 Å². The fourth-order valence-electron chi connectivity index (χ4n) is 1.45. The molecule has 0 saturated heterocycles. The van der Waals surface area contributed by atoms with Crippen LogP contribution in [0.15, 0.2) is 22.7 Å². The van der Waals surface area contributed by atoms with Crippen LogP contribution in [-0.2, 0) is 6.54 Å². The van der Waals surface area contributed by atoms with E-state index in [9.17, 15) is 0 Å². The Morgan fingerprint density at radius 1 is 1.33 bits per heavy atom. The van der Waals surface area contributed by atoms with Gasteiger partial charge in [0.25, 0.3) is 0 Å². The van der Waals surface area contributed by atoms with E-state index in [0.29, 0.717) is 6.04 Å². The number of hydrogen-bond acceptors (Lipinski definition) is 2. The van der Waals surface area contributed by atoms with Crippen LogP contribution in [0, 0.1) is 0 Å². The third-order valence-corrected chi connectivity index (χ3v) is 2.72. The maximum atomic E-state index is 3.51. The molecule has 84 valence electrons. The zero-order valence-corrected chi connectivity index (χ0v) is 11.4. The minimum atomic E-state index is 0.513. The Hall–Kier alpha value is -0.540. The highest BCUT2D eigenvalue weighted by Crippen LogP contribution is 2.23. The molecule has 0 unspecified atom stereocenters. The van der Waals surface area contributed by atoms with Gasteiger partial charge in [0.05, 0.1) is 0 Å². The molecule has 2 nitrogen and oxygen atoms in total. The first-order valence-electron chi connectivity index (χ1n) is 5.20. The van der Waals surface area contributed by atoms with Crippen molar-refractivity contribution in [1.29, 1.82) is 0 Å². The first kappa shape index (κ1) is 12.5. The number of nitrogens with zero attached hydrogens (tertiary/aromatic N) is 1. The van der Waals surface area contributed by atoms with E-state index >= 15 is 0 Å². The summed E-state index contributed by atoms with van der Waals surface area (Å²) in [5.41, 5.74) is 2.59. The summed E-state index contributed by atoms with van der Waals surface area (Å²) in [4.78, 5) is 2.14. The Morgan fingerprint density at radius 3 is 2.53 bits per heavy atom. The quantitative estimate of drug-likeness (QED) is 0.905. The summed E-state index contributed by atoms with van der Waals surface area (Å²) in [6.07, 6.45) is 0. The van der Waals surface area contributed by atoms with Gasteiger partial charge in [0.1, 0.15) is 0 Å². The van der Waals surface area contributed by atoms with Crippen molar-refractivity contribution in [2.45, 2.75) is 26.4 Å². The Labute approximate surface area is 101 Å². The molecule has 0 heterocycles. The van der Waals surface area contributed by atoms with E-state index in [-0.39, 0.29) is 0 Å². The maximum Gasteiger partial charge on any atom is 0.0407 e. The van der Waals surface area contributed by atoms with E-state index < -0.39 is 0 Å². The molecule has 0 radical (unpaired) electrons. The number of anilines is 1. The first-order chi connectivity index (χ1) is 7.00. The topological polar surface area (TPSA) is 15.3 Å². The molecule has 0 aromatic heterocycles. The van der Waals surface area contributed by atoms with Gasteiger partial charge in [-0.05, 0) is 23.8 Å². The molecule has 0 aliphatic rings. The van der Waals surface area contributed by atoms with Crippen molar-refractivity contribution in [3.05, 3.63) is 28.2 Å². The van der Waals surface area contributed by atoms with Crippen LogP contribution < -0.4 is 10.2 Å². The lowest BCUT2D eigenvalue weighted by molar-refractivity contribution is 0.588. The van der Waals surface area contributed by atoms with E-state index in [1.807, 2.05) is 0 Å². The highest BCUT2D eigenvalue weighted by atomic mass is 79.9. The highest BCUT2D eigenvalue weighted by Gasteiger charge is 2.05. The lowest BCUT2D eigenvalue weighted by atomic mass is 10.1. The molecule has 1 rings (SSSR count). The second-order valence-electron chi connectivity index (χ2n) is 4.20. The fraction of sp³-hybridized carbons (Fsp3) is 0.500. The van der Waals surface area contributed by atoms with Crippen LogP contribution in [0.2, 0.25) is 0 Å². The largest absolute Gasteiger partial charge is 0.377 e. The van der Waals surface area contributed by atoms with Crippen molar-refractivity contribution < 1.29 is 0 Å². The Kier molecular flexibility index (Phi) is 4.61. The molecule has 3 heteroatoms. The summed E-state index contributed by atoms with van der Waals surface area (Å²) < 4.78 is 1.13. The molecule has 0 bridgehead atoms. The van der Waals surface area contributed by atoms with Crippen LogP contribution in [0.5, 0.6) is 0 Å². The SMILES string of the molecule is CC(C)NCc1cc(Br)ccc1N(C)C. The molecule has 0 fully saturated rings. The predicted octanol–water partition coefficient (Wildman–Crippen LogP) is 3.01. The molecule has 1 aromatic carbocycles. The summed E-state index contributed by atoms with van der Waals surface area (Å²) >= 11 is 3.51. The fourth-order valence-corrected chi connectivity index (χ4v) is 1.85. The Morgan fingerprint density at radius 2 is 2.00 bits per heavy atom. The number of hydrogen-bond donors (Lipinski definition) is 1. The van der Waals surface area contributed by atoms with Crippen LogP contribution in [0.3, 0.4) is 0 Å². The molecule has 0 amide bonds. The van der Waals surface area contributed by atoms with Crippen molar-refractivity contribution in [2.24, 2.45) is 0 Å². The number of benzene rings is 1. The van der Waals surface area contributed by atoms with Gasteiger partial charge in [-0.25, -0.2) is 0 Å². The summed E-state index contributed by atoms with van der Waals surface area (Å²) in [7, 11) is 4.14. The van der Waals surface area contributed by atoms with Crippen molar-refractivity contribution >= 4 is 21.6 Å². The van der Waals surface area contributed by atoms with Gasteiger partial charge < -0.3 is 10.2 Å². The van der Waals surface area contributed by atoms with E-state index in [4.69, 9.17) is 0 Å². The van der Waals surface area contributed by atoms with Gasteiger partial charge >= 0.3 is 0 Å². The Bertz CT molecular complexity index is 321. The normalized spacial score (nSPS) is 10.8. The van der Waals surface area contributed by atoms with Crippen LogP contribution >= 0.6 is 15.9 Å². The molecule has 0 spiro atoms. The van der Waals surface area contributed by atoms with Gasteiger partial charge in [0.15, 0.2) is 0 Å². The van der Waals surface area contributed by atoms with Gasteiger partial charge in [-0.1, -0.05) is 29.8 Å². The Balaban J connectivity index is 2.87. The predicted molar refractivity (Wildman–Crippen MR) is 70.4 cm³/mol. The van der Waals surface area contributed by atoms with E-state index in [0.717, 1.165) is 11.0 Å². The van der Waals surface area contributed by atoms with E-state index in [1.165, 1.54) is 11.3 Å². The van der Waals surface area contributed by atoms with Gasteiger partial charge in [0, 0.05) is 36.8 Å². The zero-order chi connectivity index (χ0) is 11.4. The summed E-state index contributed by atoms with van der Waals surface area (Å²) in [6.45, 7) is 5.23. The van der Waals surface area contributed by atoms with E-state index in [2.05, 4.69) is 72.3 Å². The molecule has 1 aromatic rings. The average molecular weight is 271 g/mol. The summed E-state index contributed by atoms with van der Waals surface area (Å²) in [5, 5.41) is 3.44. The number of nitrogens with one attached hydrogen (secondary N) is 1. The van der Waals surface area contributed by atoms with Crippen LogP contribution in [-0.4, -0.2) is 20.1 Å². The van der Waals surface area contributed by atoms with Crippen LogP contribution in [0.25, 0.3) is 0 Å². The lowest BCUT2D eigenvalue weighted by Crippen LogP contribution is -2.23. The van der Waals surface area contributed by atoms with Crippen LogP contribution in [0.1, 0.15) is 19.4 Å². The molecule has 15 heavy (non-hydrogen) atoms. The monoisotopic (exact) mass is 270 g/mol. The van der Waals surface area contributed by atoms with Gasteiger partial charge in [-0.3, -0.25) is 0 Å². The molecular weight excluding hydrogens is 252 g/mol. The van der Waals surface area contributed by atoms with Gasteiger partial charge in [-0.2, -0.15) is 0 Å². The zero-order valence-electron chi connectivity index (χ0n) is 9.84. The number of halogens is 1. The minimum Gasteiger partial charge on any atom is -0.377 e. The second-order valence-corrected chi connectivity index (χ2v) is 5.12. The first-order valence-corrected chi connectivity index (χ1v) is 5.99. The molecule has 0 aliphatic heterocycles. The maximum absolute atomic E-state index is 3.51. The number of rotatable bonds is 4. The standard InChI is InChI=1S/C12H19BrN2/c1-9(2)14-8-10-7-11(13)5-6-12(10)15(3)4/h5-7,9,14H,8H2,1-4H3. The molecular formula is C12H19BrN2. The molecule has 0 saturated carbocycles. The lowest BCUT2D eigenvalue weighted by Gasteiger charge is -2.19. The van der Waals surface area contributed by atoms with Crippen molar-refractivity contribution in [2.75, 3.05) is 19.0 Å². The van der Waals surface area contributed by atoms with Crippen LogP contribution in [0.4, 0.5) is 5.69 Å². The van der Waals surface area contributed by atoms with Gasteiger partial charge in [-0.15, -0.1) is 0 Å². The van der Waals surface area contributed by atoms with Gasteiger partial charge in [0.2, 0.25) is 0 Å². The molecule has 1 N–H and O–H groups in total. The van der Waals surface area contributed by atoms with Crippen molar-refractivity contribution in [3.63, 3.8) is 0 Å². The molecule has 0 aliphatic carbocycles. The van der Waals surface area contributed by atoms with Crippen molar-refractivity contribution in [3.8, 4) is 0 Å². The highest BCUT2D eigenvalue weighted by molar-refractivity contribution is 9.10. The summed E-state index contributed by atoms with van der Waals surface area (Å²) in [6, 6.07) is 6.90. The van der Waals surface area contributed by atoms with Crippen molar-refractivity contribution in [1.82, 2.24) is 5.32 Å². The molecule has 0 atom stereocenters. The third kappa shape index (κ3) is 3.84. The average Bonchev–Trinajstić information content (AvgIpc) is 2.14. The minimum absolute atomic E-state index is 0.513. The summed E-state index contributed by atoms with van der Waals surface area (Å²) in [5.74, 6) is 0. The second kappa shape index (κ2) is 5.52.